The highest BCUT2D eigenvalue weighted by Gasteiger charge is 2.13. The van der Waals surface area contributed by atoms with Crippen LogP contribution in [0.3, 0.4) is 0 Å². The molecule has 1 unspecified atom stereocenters. The number of nitro groups is 1. The van der Waals surface area contributed by atoms with Crippen molar-refractivity contribution in [1.82, 2.24) is 10.6 Å². The predicted molar refractivity (Wildman–Crippen MR) is 118 cm³/mol. The third-order valence-corrected chi connectivity index (χ3v) is 4.01. The second-order valence-electron chi connectivity index (χ2n) is 5.96. The largest absolute Gasteiger partial charge is 0.496 e. The van der Waals surface area contributed by atoms with E-state index in [4.69, 9.17) is 4.74 Å². The van der Waals surface area contributed by atoms with Gasteiger partial charge in [0.1, 0.15) is 5.75 Å². The second kappa shape index (κ2) is 10.7. The number of rotatable bonds is 6. The zero-order valence-electron chi connectivity index (χ0n) is 15.9. The lowest BCUT2D eigenvalue weighted by Gasteiger charge is -2.20. The molecule has 2 rings (SSSR count). The van der Waals surface area contributed by atoms with Crippen LogP contribution in [0.5, 0.6) is 5.75 Å². The lowest BCUT2D eigenvalue weighted by molar-refractivity contribution is -0.384. The van der Waals surface area contributed by atoms with Gasteiger partial charge in [-0.25, -0.2) is 0 Å². The van der Waals surface area contributed by atoms with E-state index in [2.05, 4.69) is 21.7 Å². The van der Waals surface area contributed by atoms with E-state index in [1.807, 2.05) is 32.0 Å². The van der Waals surface area contributed by atoms with E-state index < -0.39 is 4.92 Å². The summed E-state index contributed by atoms with van der Waals surface area (Å²) in [7, 11) is 3.33. The number of nitrogens with zero attached hydrogens (tertiary/aromatic N) is 2. The highest BCUT2D eigenvalue weighted by molar-refractivity contribution is 14.0. The van der Waals surface area contributed by atoms with Gasteiger partial charge in [0.25, 0.3) is 5.69 Å². The van der Waals surface area contributed by atoms with Gasteiger partial charge in [0, 0.05) is 31.3 Å². The summed E-state index contributed by atoms with van der Waals surface area (Å²) in [5, 5.41) is 17.4. The van der Waals surface area contributed by atoms with Gasteiger partial charge in [-0.1, -0.05) is 29.8 Å². The number of nitrogens with one attached hydrogen (secondary N) is 2. The van der Waals surface area contributed by atoms with E-state index in [0.29, 0.717) is 12.5 Å². The van der Waals surface area contributed by atoms with Crippen LogP contribution in [0.1, 0.15) is 29.7 Å². The average molecular weight is 484 g/mol. The number of methoxy groups -OCH3 is 1. The molecule has 0 bridgehead atoms. The molecule has 0 aromatic heterocycles. The van der Waals surface area contributed by atoms with Gasteiger partial charge < -0.3 is 15.4 Å². The molecule has 0 heterocycles. The van der Waals surface area contributed by atoms with Gasteiger partial charge in [0.2, 0.25) is 0 Å². The first-order valence-electron chi connectivity index (χ1n) is 8.29. The molecule has 7 nitrogen and oxygen atoms in total. The van der Waals surface area contributed by atoms with E-state index in [0.717, 1.165) is 22.4 Å². The van der Waals surface area contributed by atoms with E-state index in [1.165, 1.54) is 6.07 Å². The Balaban J connectivity index is 0.00000364. The van der Waals surface area contributed by atoms with Gasteiger partial charge in [-0.05, 0) is 25.5 Å². The van der Waals surface area contributed by atoms with Crippen LogP contribution in [0, 0.1) is 17.0 Å². The number of benzene rings is 2. The van der Waals surface area contributed by atoms with Gasteiger partial charge in [-0.15, -0.1) is 24.0 Å². The fraction of sp³-hybridized carbons (Fsp3) is 0.316. The smallest absolute Gasteiger partial charge is 0.269 e. The highest BCUT2D eigenvalue weighted by Crippen LogP contribution is 2.26. The van der Waals surface area contributed by atoms with Crippen molar-refractivity contribution in [3.63, 3.8) is 0 Å². The number of hydrogen-bond donors (Lipinski definition) is 2. The molecule has 8 heteroatoms. The lowest BCUT2D eigenvalue weighted by Crippen LogP contribution is -2.38. The number of hydrogen-bond acceptors (Lipinski definition) is 4. The molecule has 2 aromatic rings. The molecule has 146 valence electrons. The van der Waals surface area contributed by atoms with Gasteiger partial charge >= 0.3 is 0 Å². The Morgan fingerprint density at radius 1 is 1.30 bits per heavy atom. The summed E-state index contributed by atoms with van der Waals surface area (Å²) < 4.78 is 5.44. The molecule has 0 aliphatic carbocycles. The molecule has 0 fully saturated rings. The third-order valence-electron chi connectivity index (χ3n) is 4.01. The maximum Gasteiger partial charge on any atom is 0.269 e. The first-order valence-corrected chi connectivity index (χ1v) is 8.29. The molecular weight excluding hydrogens is 459 g/mol. The molecule has 0 aliphatic rings. The zero-order chi connectivity index (χ0) is 19.1. The van der Waals surface area contributed by atoms with Crippen LogP contribution in [0.25, 0.3) is 0 Å². The molecule has 0 saturated carbocycles. The van der Waals surface area contributed by atoms with Crippen LogP contribution in [-0.2, 0) is 6.54 Å². The van der Waals surface area contributed by atoms with Crippen LogP contribution < -0.4 is 15.4 Å². The number of halogens is 1. The molecule has 2 aromatic carbocycles. The molecule has 27 heavy (non-hydrogen) atoms. The standard InChI is InChI=1S/C19H24N4O3.HI/c1-13-8-9-18(26-4)17(10-13)14(2)22-19(20-3)21-12-15-6-5-7-16(11-15)23(24)25;/h5-11,14H,12H2,1-4H3,(H2,20,21,22);1H. The zero-order valence-corrected chi connectivity index (χ0v) is 18.2. The SMILES string of the molecule is CN=C(NCc1cccc([N+](=O)[O-])c1)NC(C)c1cc(C)ccc1OC.I. The van der Waals surface area contributed by atoms with Crippen LogP contribution in [0.2, 0.25) is 0 Å². The molecular formula is C19H25IN4O3. The number of aliphatic imine (C=N–C) groups is 1. The maximum atomic E-state index is 10.9. The summed E-state index contributed by atoms with van der Waals surface area (Å²) in [6, 6.07) is 12.5. The fourth-order valence-electron chi connectivity index (χ4n) is 2.64. The molecule has 0 spiro atoms. The van der Waals surface area contributed by atoms with Crippen LogP contribution >= 0.6 is 24.0 Å². The Kier molecular flexibility index (Phi) is 8.99. The third kappa shape index (κ3) is 6.38. The van der Waals surface area contributed by atoms with E-state index in [1.54, 1.807) is 26.3 Å². The number of non-ortho nitro benzene ring substituents is 1. The fourth-order valence-corrected chi connectivity index (χ4v) is 2.64. The normalized spacial score (nSPS) is 11.9. The van der Waals surface area contributed by atoms with E-state index in [9.17, 15) is 10.1 Å². The van der Waals surface area contributed by atoms with Crippen molar-refractivity contribution in [1.29, 1.82) is 0 Å². The Bertz CT molecular complexity index is 811. The summed E-state index contributed by atoms with van der Waals surface area (Å²) in [6.07, 6.45) is 0. The van der Waals surface area contributed by atoms with Gasteiger partial charge in [-0.2, -0.15) is 0 Å². The minimum atomic E-state index is -0.400. The maximum absolute atomic E-state index is 10.9. The second-order valence-corrected chi connectivity index (χ2v) is 5.96. The summed E-state index contributed by atoms with van der Waals surface area (Å²) in [6.45, 7) is 4.49. The predicted octanol–water partition coefficient (Wildman–Crippen LogP) is 3.96. The molecule has 2 N–H and O–H groups in total. The number of guanidine groups is 1. The Morgan fingerprint density at radius 2 is 2.04 bits per heavy atom. The molecule has 0 radical (unpaired) electrons. The molecule has 0 amide bonds. The quantitative estimate of drug-likeness (QED) is 0.213. The summed E-state index contributed by atoms with van der Waals surface area (Å²) in [4.78, 5) is 14.7. The van der Waals surface area contributed by atoms with Crippen molar-refractivity contribution in [2.45, 2.75) is 26.4 Å². The topological polar surface area (TPSA) is 88.8 Å². The number of nitro benzene ring substituents is 1. The first-order chi connectivity index (χ1) is 12.4. The number of aryl methyl sites for hydroxylation is 1. The van der Waals surface area contributed by atoms with Crippen molar-refractivity contribution in [2.24, 2.45) is 4.99 Å². The van der Waals surface area contributed by atoms with Crippen molar-refractivity contribution >= 4 is 35.6 Å². The summed E-state index contributed by atoms with van der Waals surface area (Å²) >= 11 is 0. The number of ether oxygens (including phenoxy) is 1. The van der Waals surface area contributed by atoms with Crippen molar-refractivity contribution in [3.8, 4) is 5.75 Å². The Hall–Kier alpha value is -2.36. The van der Waals surface area contributed by atoms with Crippen molar-refractivity contribution in [3.05, 3.63) is 69.3 Å². The Morgan fingerprint density at radius 3 is 2.67 bits per heavy atom. The van der Waals surface area contributed by atoms with Crippen LogP contribution in [0.15, 0.2) is 47.5 Å². The average Bonchev–Trinajstić information content (AvgIpc) is 2.65. The lowest BCUT2D eigenvalue weighted by atomic mass is 10.0. The highest BCUT2D eigenvalue weighted by atomic mass is 127. The molecule has 0 saturated heterocycles. The van der Waals surface area contributed by atoms with E-state index in [-0.39, 0.29) is 35.7 Å². The van der Waals surface area contributed by atoms with Crippen molar-refractivity contribution < 1.29 is 9.66 Å². The van der Waals surface area contributed by atoms with Gasteiger partial charge in [0.05, 0.1) is 18.1 Å². The summed E-state index contributed by atoms with van der Waals surface area (Å²) in [5.41, 5.74) is 3.06. The minimum absolute atomic E-state index is 0. The van der Waals surface area contributed by atoms with E-state index >= 15 is 0 Å². The first kappa shape index (κ1) is 22.7. The monoisotopic (exact) mass is 484 g/mol. The Labute approximate surface area is 176 Å². The molecule has 1 atom stereocenters. The van der Waals surface area contributed by atoms with Gasteiger partial charge in [0.15, 0.2) is 5.96 Å². The van der Waals surface area contributed by atoms with Gasteiger partial charge in [-0.3, -0.25) is 15.1 Å². The minimum Gasteiger partial charge on any atom is -0.496 e. The van der Waals surface area contributed by atoms with Crippen LogP contribution in [-0.4, -0.2) is 25.0 Å². The van der Waals surface area contributed by atoms with Crippen LogP contribution in [0.4, 0.5) is 5.69 Å². The van der Waals surface area contributed by atoms with Crippen molar-refractivity contribution in [2.75, 3.05) is 14.2 Å². The summed E-state index contributed by atoms with van der Waals surface area (Å²) in [5.74, 6) is 1.41. The molecule has 0 aliphatic heterocycles.